The Hall–Kier alpha value is -4.03. The first-order chi connectivity index (χ1) is 23.4. The molecular formula is C38H51N3O7S. The maximum absolute atomic E-state index is 14.1. The highest BCUT2D eigenvalue weighted by molar-refractivity contribution is 7.89. The minimum Gasteiger partial charge on any atom is -0.453 e. The summed E-state index contributed by atoms with van der Waals surface area (Å²) < 4.78 is 33.9. The number of alkyl carbamates (subject to hydrolysis) is 1. The van der Waals surface area contributed by atoms with Gasteiger partial charge in [0, 0.05) is 24.5 Å². The standard InChI is InChI=1S/C38H51N3O7S/c1-27(2)23-24-41(49(46,47)33-21-19-29(25-42)20-22-33)32(26-43)17-12-18-34(28(3)4)39-37(44)36(40-38(45)48-5)35(30-13-8-6-9-14-30)31-15-10-7-11-16-31/h6-11,13-16,19-22,27,32,34-36,42-43H,3,12,17-18,23-26H2,1-2,4-5H3,(H,39,44)(H,40,45)/t32-,34+,36-/m0/s1. The number of carbonyl (C=O) groups excluding carboxylic acids is 2. The number of rotatable bonds is 19. The first-order valence-electron chi connectivity index (χ1n) is 16.7. The van der Waals surface area contributed by atoms with Crippen molar-refractivity contribution in [3.63, 3.8) is 0 Å². The lowest BCUT2D eigenvalue weighted by atomic mass is 9.84. The van der Waals surface area contributed by atoms with Crippen LogP contribution in [0.25, 0.3) is 0 Å². The first-order valence-corrected chi connectivity index (χ1v) is 18.1. The number of ether oxygens (including phenoxy) is 1. The van der Waals surface area contributed by atoms with E-state index in [2.05, 4.69) is 17.2 Å². The normalized spacial score (nSPS) is 13.6. The van der Waals surface area contributed by atoms with Gasteiger partial charge in [-0.1, -0.05) is 98.8 Å². The molecule has 0 bridgehead atoms. The van der Waals surface area contributed by atoms with Crippen LogP contribution in [0.3, 0.4) is 0 Å². The van der Waals surface area contributed by atoms with Gasteiger partial charge in [-0.25, -0.2) is 13.2 Å². The maximum atomic E-state index is 14.1. The molecule has 3 aromatic rings. The number of amides is 2. The molecule has 3 atom stereocenters. The molecule has 0 heterocycles. The Morgan fingerprint density at radius 1 is 0.857 bits per heavy atom. The number of hydrogen-bond acceptors (Lipinski definition) is 7. The van der Waals surface area contributed by atoms with E-state index in [1.165, 1.54) is 23.5 Å². The lowest BCUT2D eigenvalue weighted by Crippen LogP contribution is -2.53. The van der Waals surface area contributed by atoms with Crippen molar-refractivity contribution in [2.45, 2.75) is 82.0 Å². The first kappa shape index (κ1) is 39.4. The third-order valence-electron chi connectivity index (χ3n) is 8.59. The monoisotopic (exact) mass is 693 g/mol. The van der Waals surface area contributed by atoms with Gasteiger partial charge in [0.15, 0.2) is 0 Å². The molecule has 0 aliphatic carbocycles. The Kier molecular flexibility index (Phi) is 15.5. The van der Waals surface area contributed by atoms with Crippen LogP contribution in [-0.4, -0.2) is 73.3 Å². The summed E-state index contributed by atoms with van der Waals surface area (Å²) in [7, 11) is -2.71. The van der Waals surface area contributed by atoms with Crippen LogP contribution in [-0.2, 0) is 26.2 Å². The highest BCUT2D eigenvalue weighted by atomic mass is 32.2. The van der Waals surface area contributed by atoms with Gasteiger partial charge in [0.25, 0.3) is 0 Å². The zero-order chi connectivity index (χ0) is 36.0. The van der Waals surface area contributed by atoms with Gasteiger partial charge in [-0.2, -0.15) is 4.31 Å². The van der Waals surface area contributed by atoms with Gasteiger partial charge in [-0.05, 0) is 67.3 Å². The molecule has 0 radical (unpaired) electrons. The molecule has 2 amide bonds. The average molecular weight is 694 g/mol. The summed E-state index contributed by atoms with van der Waals surface area (Å²) in [5.74, 6) is -0.724. The van der Waals surface area contributed by atoms with Crippen molar-refractivity contribution in [2.24, 2.45) is 5.92 Å². The third-order valence-corrected chi connectivity index (χ3v) is 10.6. The SMILES string of the molecule is C=C(C)[C@@H](CCC[C@@H](CO)N(CCC(C)C)S(=O)(=O)c1ccc(CO)cc1)NC(=O)[C@@H](NC(=O)OC)C(c1ccccc1)c1ccccc1. The minimum atomic E-state index is -3.95. The molecule has 0 unspecified atom stereocenters. The molecule has 0 aromatic heterocycles. The van der Waals surface area contributed by atoms with Crippen LogP contribution >= 0.6 is 0 Å². The van der Waals surface area contributed by atoms with Crippen LogP contribution in [0.1, 0.15) is 69.1 Å². The molecule has 0 fully saturated rings. The lowest BCUT2D eigenvalue weighted by Gasteiger charge is -2.32. The maximum Gasteiger partial charge on any atom is 0.407 e. The van der Waals surface area contributed by atoms with E-state index in [-0.39, 0.29) is 30.6 Å². The second kappa shape index (κ2) is 19.2. The summed E-state index contributed by atoms with van der Waals surface area (Å²) in [4.78, 5) is 26.7. The third kappa shape index (κ3) is 11.3. The number of carbonyl (C=O) groups is 2. The number of aliphatic hydroxyl groups is 2. The number of sulfonamides is 1. The van der Waals surface area contributed by atoms with Crippen LogP contribution in [0.4, 0.5) is 4.79 Å². The van der Waals surface area contributed by atoms with Crippen LogP contribution < -0.4 is 10.6 Å². The van der Waals surface area contributed by atoms with Gasteiger partial charge >= 0.3 is 6.09 Å². The molecule has 4 N–H and O–H groups in total. The number of methoxy groups -OCH3 is 1. The van der Waals surface area contributed by atoms with E-state index in [1.54, 1.807) is 19.1 Å². The van der Waals surface area contributed by atoms with Gasteiger partial charge in [-0.3, -0.25) is 4.79 Å². The fourth-order valence-electron chi connectivity index (χ4n) is 5.76. The quantitative estimate of drug-likeness (QED) is 0.124. The van der Waals surface area contributed by atoms with E-state index in [0.717, 1.165) is 11.1 Å². The van der Waals surface area contributed by atoms with E-state index in [4.69, 9.17) is 4.74 Å². The summed E-state index contributed by atoms with van der Waals surface area (Å²) >= 11 is 0. The number of hydrogen-bond donors (Lipinski definition) is 4. The van der Waals surface area contributed by atoms with E-state index < -0.39 is 46.1 Å². The Labute approximate surface area is 291 Å². The summed E-state index contributed by atoms with van der Waals surface area (Å²) in [5, 5.41) is 25.7. The summed E-state index contributed by atoms with van der Waals surface area (Å²) in [6, 6.07) is 22.8. The predicted molar refractivity (Wildman–Crippen MR) is 191 cm³/mol. The van der Waals surface area contributed by atoms with E-state index in [0.29, 0.717) is 36.8 Å². The zero-order valence-electron chi connectivity index (χ0n) is 28.9. The number of benzene rings is 3. The highest BCUT2D eigenvalue weighted by Gasteiger charge is 2.35. The molecular weight excluding hydrogens is 642 g/mol. The van der Waals surface area contributed by atoms with Crippen LogP contribution in [0, 0.1) is 5.92 Å². The molecule has 0 spiro atoms. The number of nitrogens with zero attached hydrogens (tertiary/aromatic N) is 1. The van der Waals surface area contributed by atoms with Crippen molar-refractivity contribution in [3.05, 3.63) is 114 Å². The van der Waals surface area contributed by atoms with Crippen molar-refractivity contribution in [1.29, 1.82) is 0 Å². The van der Waals surface area contributed by atoms with Crippen LogP contribution in [0.5, 0.6) is 0 Å². The second-order valence-electron chi connectivity index (χ2n) is 12.7. The number of nitrogens with one attached hydrogen (secondary N) is 2. The summed E-state index contributed by atoms with van der Waals surface area (Å²) in [6.45, 7) is 9.58. The fourth-order valence-corrected chi connectivity index (χ4v) is 7.42. The molecule has 0 aliphatic heterocycles. The van der Waals surface area contributed by atoms with Crippen LogP contribution in [0.2, 0.25) is 0 Å². The predicted octanol–water partition coefficient (Wildman–Crippen LogP) is 5.36. The number of aliphatic hydroxyl groups excluding tert-OH is 2. The zero-order valence-corrected chi connectivity index (χ0v) is 29.7. The van der Waals surface area contributed by atoms with E-state index in [9.17, 15) is 28.2 Å². The minimum absolute atomic E-state index is 0.0921. The van der Waals surface area contributed by atoms with Crippen molar-refractivity contribution in [2.75, 3.05) is 20.3 Å². The van der Waals surface area contributed by atoms with Crippen molar-refractivity contribution >= 4 is 22.0 Å². The molecule has 10 nitrogen and oxygen atoms in total. The summed E-state index contributed by atoms with van der Waals surface area (Å²) in [5.41, 5.74) is 2.95. The fraction of sp³-hybridized carbons (Fsp3) is 0.421. The smallest absolute Gasteiger partial charge is 0.407 e. The second-order valence-corrected chi connectivity index (χ2v) is 14.6. The largest absolute Gasteiger partial charge is 0.453 e. The molecule has 11 heteroatoms. The molecule has 0 aliphatic rings. The average Bonchev–Trinajstić information content (AvgIpc) is 3.10. The molecule has 0 saturated heterocycles. The lowest BCUT2D eigenvalue weighted by molar-refractivity contribution is -0.123. The molecule has 0 saturated carbocycles. The molecule has 266 valence electrons. The Morgan fingerprint density at radius 3 is 1.90 bits per heavy atom. The Balaban J connectivity index is 1.83. The van der Waals surface area contributed by atoms with E-state index in [1.807, 2.05) is 74.5 Å². The van der Waals surface area contributed by atoms with E-state index >= 15 is 0 Å². The topological polar surface area (TPSA) is 145 Å². The van der Waals surface area contributed by atoms with Crippen molar-refractivity contribution in [3.8, 4) is 0 Å². The molecule has 3 aromatic carbocycles. The Morgan fingerprint density at radius 2 is 1.43 bits per heavy atom. The highest BCUT2D eigenvalue weighted by Crippen LogP contribution is 2.29. The molecule has 49 heavy (non-hydrogen) atoms. The van der Waals surface area contributed by atoms with Gasteiger partial charge in [-0.15, -0.1) is 0 Å². The summed E-state index contributed by atoms with van der Waals surface area (Å²) in [6.07, 6.45) is 1.09. The van der Waals surface area contributed by atoms with Gasteiger partial charge in [0.2, 0.25) is 15.9 Å². The van der Waals surface area contributed by atoms with Crippen molar-refractivity contribution in [1.82, 2.24) is 14.9 Å². The Bertz CT molecular complexity index is 1540. The molecule has 3 rings (SSSR count). The van der Waals surface area contributed by atoms with Gasteiger partial charge in [0.05, 0.1) is 25.2 Å². The van der Waals surface area contributed by atoms with Gasteiger partial charge in [0.1, 0.15) is 6.04 Å². The van der Waals surface area contributed by atoms with Crippen LogP contribution in [0.15, 0.2) is 102 Å². The van der Waals surface area contributed by atoms with Gasteiger partial charge < -0.3 is 25.6 Å². The van der Waals surface area contributed by atoms with Crippen molar-refractivity contribution < 1.29 is 33.0 Å².